The molecular formula is C14H28N2. The van der Waals surface area contributed by atoms with Gasteiger partial charge in [0.2, 0.25) is 0 Å². The Labute approximate surface area is 101 Å². The van der Waals surface area contributed by atoms with Crippen LogP contribution in [0.1, 0.15) is 46.0 Å². The van der Waals surface area contributed by atoms with Gasteiger partial charge in [-0.1, -0.05) is 32.4 Å². The summed E-state index contributed by atoms with van der Waals surface area (Å²) in [6.07, 6.45) is 6.44. The van der Waals surface area contributed by atoms with Crippen LogP contribution in [0.5, 0.6) is 0 Å². The maximum absolute atomic E-state index is 4.13. The number of piperidine rings is 1. The van der Waals surface area contributed by atoms with Gasteiger partial charge in [-0.25, -0.2) is 0 Å². The van der Waals surface area contributed by atoms with Crippen LogP contribution < -0.4 is 5.32 Å². The minimum atomic E-state index is 0.713. The molecule has 2 nitrogen and oxygen atoms in total. The van der Waals surface area contributed by atoms with Crippen molar-refractivity contribution in [2.24, 2.45) is 0 Å². The number of nitrogens with one attached hydrogen (secondary N) is 1. The lowest BCUT2D eigenvalue weighted by Gasteiger charge is -2.30. The first-order valence-corrected chi connectivity index (χ1v) is 6.88. The fraction of sp³-hybridized carbons (Fsp3) is 0.857. The largest absolute Gasteiger partial charge is 0.313 e. The van der Waals surface area contributed by atoms with Crippen molar-refractivity contribution in [1.82, 2.24) is 10.2 Å². The third-order valence-electron chi connectivity index (χ3n) is 3.38. The highest BCUT2D eigenvalue weighted by Crippen LogP contribution is 2.10. The fourth-order valence-electron chi connectivity index (χ4n) is 2.37. The zero-order valence-electron chi connectivity index (χ0n) is 11.1. The van der Waals surface area contributed by atoms with E-state index in [9.17, 15) is 0 Å². The van der Waals surface area contributed by atoms with Crippen LogP contribution >= 0.6 is 0 Å². The van der Waals surface area contributed by atoms with Crippen LogP contribution in [-0.4, -0.2) is 37.1 Å². The Morgan fingerprint density at radius 1 is 1.38 bits per heavy atom. The highest BCUT2D eigenvalue weighted by Gasteiger charge is 2.16. The highest BCUT2D eigenvalue weighted by atomic mass is 15.1. The van der Waals surface area contributed by atoms with Crippen molar-refractivity contribution >= 4 is 0 Å². The molecule has 94 valence electrons. The van der Waals surface area contributed by atoms with Crippen molar-refractivity contribution in [1.29, 1.82) is 0 Å². The van der Waals surface area contributed by atoms with E-state index in [1.807, 2.05) is 0 Å². The van der Waals surface area contributed by atoms with Gasteiger partial charge in [0.25, 0.3) is 0 Å². The van der Waals surface area contributed by atoms with Gasteiger partial charge in [-0.15, -0.1) is 0 Å². The molecule has 1 rings (SSSR count). The molecule has 1 fully saturated rings. The molecule has 0 aromatic rings. The quantitative estimate of drug-likeness (QED) is 0.669. The molecule has 1 aliphatic rings. The molecule has 1 N–H and O–H groups in total. The molecule has 1 saturated heterocycles. The van der Waals surface area contributed by atoms with E-state index in [4.69, 9.17) is 0 Å². The molecule has 1 unspecified atom stereocenters. The van der Waals surface area contributed by atoms with Gasteiger partial charge in [0.15, 0.2) is 0 Å². The Kier molecular flexibility index (Phi) is 6.74. The average molecular weight is 224 g/mol. The number of hydrogen-bond acceptors (Lipinski definition) is 2. The Balaban J connectivity index is 2.33. The number of rotatable bonds is 7. The van der Waals surface area contributed by atoms with Gasteiger partial charge in [0.1, 0.15) is 0 Å². The van der Waals surface area contributed by atoms with Gasteiger partial charge in [-0.2, -0.15) is 0 Å². The maximum atomic E-state index is 4.13. The second-order valence-electron chi connectivity index (χ2n) is 4.99. The van der Waals surface area contributed by atoms with Crippen molar-refractivity contribution in [3.05, 3.63) is 12.2 Å². The lowest BCUT2D eigenvalue weighted by atomic mass is 10.0. The number of hydrogen-bond donors (Lipinski definition) is 1. The van der Waals surface area contributed by atoms with Crippen LogP contribution in [0, 0.1) is 0 Å². The molecule has 2 heteroatoms. The SMILES string of the molecule is C=C(CC)CN(CCC)CC1CCCCN1. The second-order valence-corrected chi connectivity index (χ2v) is 4.99. The minimum Gasteiger partial charge on any atom is -0.313 e. The monoisotopic (exact) mass is 224 g/mol. The van der Waals surface area contributed by atoms with Crippen LogP contribution in [0.15, 0.2) is 12.2 Å². The van der Waals surface area contributed by atoms with E-state index in [1.165, 1.54) is 50.9 Å². The Morgan fingerprint density at radius 3 is 2.75 bits per heavy atom. The van der Waals surface area contributed by atoms with Crippen molar-refractivity contribution in [2.45, 2.75) is 52.0 Å². The summed E-state index contributed by atoms with van der Waals surface area (Å²) in [5, 5.41) is 3.63. The van der Waals surface area contributed by atoms with Gasteiger partial charge in [0, 0.05) is 19.1 Å². The summed E-state index contributed by atoms with van der Waals surface area (Å²) >= 11 is 0. The first-order valence-electron chi connectivity index (χ1n) is 6.88. The van der Waals surface area contributed by atoms with Crippen LogP contribution in [-0.2, 0) is 0 Å². The summed E-state index contributed by atoms with van der Waals surface area (Å²) in [4.78, 5) is 2.56. The smallest absolute Gasteiger partial charge is 0.0195 e. The van der Waals surface area contributed by atoms with Gasteiger partial charge >= 0.3 is 0 Å². The molecule has 0 radical (unpaired) electrons. The molecule has 0 amide bonds. The van der Waals surface area contributed by atoms with Crippen molar-refractivity contribution in [2.75, 3.05) is 26.2 Å². The predicted molar refractivity (Wildman–Crippen MR) is 71.8 cm³/mol. The zero-order valence-corrected chi connectivity index (χ0v) is 11.1. The standard InChI is InChI=1S/C14H28N2/c1-4-10-16(11-13(3)5-2)12-14-8-6-7-9-15-14/h14-15H,3-12H2,1-2H3. The summed E-state index contributed by atoms with van der Waals surface area (Å²) in [6.45, 7) is 13.3. The van der Waals surface area contributed by atoms with E-state index in [2.05, 4.69) is 30.6 Å². The lowest BCUT2D eigenvalue weighted by molar-refractivity contribution is 0.238. The Morgan fingerprint density at radius 2 is 2.19 bits per heavy atom. The predicted octanol–water partition coefficient (Wildman–Crippen LogP) is 2.81. The van der Waals surface area contributed by atoms with E-state index in [0.29, 0.717) is 6.04 Å². The first-order chi connectivity index (χ1) is 7.76. The molecule has 0 bridgehead atoms. The number of nitrogens with zero attached hydrogens (tertiary/aromatic N) is 1. The summed E-state index contributed by atoms with van der Waals surface area (Å²) in [5.74, 6) is 0. The molecule has 1 aliphatic heterocycles. The summed E-state index contributed by atoms with van der Waals surface area (Å²) < 4.78 is 0. The summed E-state index contributed by atoms with van der Waals surface area (Å²) in [7, 11) is 0. The second kappa shape index (κ2) is 7.86. The van der Waals surface area contributed by atoms with E-state index >= 15 is 0 Å². The molecule has 0 aliphatic carbocycles. The molecule has 1 heterocycles. The third kappa shape index (κ3) is 5.13. The Bertz CT molecular complexity index is 195. The van der Waals surface area contributed by atoms with Crippen LogP contribution in [0.25, 0.3) is 0 Å². The first kappa shape index (κ1) is 13.7. The highest BCUT2D eigenvalue weighted by molar-refractivity contribution is 4.96. The van der Waals surface area contributed by atoms with Crippen molar-refractivity contribution in [3.8, 4) is 0 Å². The average Bonchev–Trinajstić information content (AvgIpc) is 2.30. The normalized spacial score (nSPS) is 21.3. The third-order valence-corrected chi connectivity index (χ3v) is 3.38. The van der Waals surface area contributed by atoms with Gasteiger partial charge in [-0.05, 0) is 38.8 Å². The Hall–Kier alpha value is -0.340. The van der Waals surface area contributed by atoms with E-state index < -0.39 is 0 Å². The van der Waals surface area contributed by atoms with E-state index in [-0.39, 0.29) is 0 Å². The lowest BCUT2D eigenvalue weighted by Crippen LogP contribution is -2.44. The van der Waals surface area contributed by atoms with Gasteiger partial charge < -0.3 is 5.32 Å². The molecule has 0 spiro atoms. The van der Waals surface area contributed by atoms with Crippen LogP contribution in [0.4, 0.5) is 0 Å². The zero-order chi connectivity index (χ0) is 11.8. The molecule has 0 aromatic heterocycles. The van der Waals surface area contributed by atoms with E-state index in [1.54, 1.807) is 0 Å². The minimum absolute atomic E-state index is 0.713. The fourth-order valence-corrected chi connectivity index (χ4v) is 2.37. The molecular weight excluding hydrogens is 196 g/mol. The van der Waals surface area contributed by atoms with Crippen molar-refractivity contribution < 1.29 is 0 Å². The van der Waals surface area contributed by atoms with Crippen LogP contribution in [0.3, 0.4) is 0 Å². The van der Waals surface area contributed by atoms with Crippen molar-refractivity contribution in [3.63, 3.8) is 0 Å². The molecule has 0 saturated carbocycles. The van der Waals surface area contributed by atoms with Gasteiger partial charge in [-0.3, -0.25) is 4.90 Å². The van der Waals surface area contributed by atoms with E-state index in [0.717, 1.165) is 13.0 Å². The molecule has 1 atom stereocenters. The van der Waals surface area contributed by atoms with Crippen LogP contribution in [0.2, 0.25) is 0 Å². The molecule has 0 aromatic carbocycles. The summed E-state index contributed by atoms with van der Waals surface area (Å²) in [5.41, 5.74) is 1.37. The topological polar surface area (TPSA) is 15.3 Å². The van der Waals surface area contributed by atoms with Gasteiger partial charge in [0.05, 0.1) is 0 Å². The molecule has 16 heavy (non-hydrogen) atoms. The maximum Gasteiger partial charge on any atom is 0.0195 e. The summed E-state index contributed by atoms with van der Waals surface area (Å²) in [6, 6.07) is 0.713.